The molecule has 0 amide bonds. The van der Waals surface area contributed by atoms with E-state index in [9.17, 15) is 4.57 Å². The lowest BCUT2D eigenvalue weighted by Crippen LogP contribution is -2.00. The van der Waals surface area contributed by atoms with E-state index in [-0.39, 0.29) is 13.2 Å². The van der Waals surface area contributed by atoms with Gasteiger partial charge in [-0.2, -0.15) is 0 Å². The Balaban J connectivity index is 1.68. The Morgan fingerprint density at radius 1 is 0.762 bits per heavy atom. The van der Waals surface area contributed by atoms with Crippen molar-refractivity contribution in [3.8, 4) is 0 Å². The maximum absolute atomic E-state index is 11.9. The summed E-state index contributed by atoms with van der Waals surface area (Å²) in [7, 11) is 0. The Morgan fingerprint density at radius 3 is 1.52 bits per heavy atom. The summed E-state index contributed by atoms with van der Waals surface area (Å²) in [5.74, 6) is 0. The summed E-state index contributed by atoms with van der Waals surface area (Å²) in [6.45, 7) is -2.95. The van der Waals surface area contributed by atoms with E-state index in [0.29, 0.717) is 12.8 Å². The third-order valence-corrected chi connectivity index (χ3v) is 4.53. The van der Waals surface area contributed by atoms with Crippen LogP contribution in [0.5, 0.6) is 0 Å². The highest BCUT2D eigenvalue weighted by molar-refractivity contribution is 7.81. The number of halogens is 1. The molecule has 0 fully saturated rings. The first kappa shape index (κ1) is 16.3. The van der Waals surface area contributed by atoms with Crippen molar-refractivity contribution in [2.75, 3.05) is 13.2 Å². The summed E-state index contributed by atoms with van der Waals surface area (Å²) in [5.41, 5.74) is 2.22. The molecule has 5 heteroatoms. The molecular weight excluding hydrogens is 307 g/mol. The first-order chi connectivity index (χ1) is 10.2. The fourth-order valence-electron chi connectivity index (χ4n) is 1.87. The number of benzene rings is 2. The Bertz CT molecular complexity index is 525. The van der Waals surface area contributed by atoms with Gasteiger partial charge in [-0.05, 0) is 24.0 Å². The quantitative estimate of drug-likeness (QED) is 0.651. The zero-order valence-corrected chi connectivity index (χ0v) is 13.3. The summed E-state index contributed by atoms with van der Waals surface area (Å²) in [6, 6.07) is 19.6. The van der Waals surface area contributed by atoms with E-state index in [0.717, 1.165) is 11.1 Å². The summed E-state index contributed by atoms with van der Waals surface area (Å²) >= 11 is 5.78. The lowest BCUT2D eigenvalue weighted by molar-refractivity contribution is 0.222. The van der Waals surface area contributed by atoms with Gasteiger partial charge in [0.15, 0.2) is 0 Å². The topological polar surface area (TPSA) is 35.5 Å². The largest absolute Gasteiger partial charge is 0.424 e. The molecule has 0 saturated heterocycles. The summed E-state index contributed by atoms with van der Waals surface area (Å²) < 4.78 is 22.3. The molecule has 0 N–H and O–H groups in total. The lowest BCUT2D eigenvalue weighted by atomic mass is 10.2. The van der Waals surface area contributed by atoms with Crippen LogP contribution in [0.1, 0.15) is 11.1 Å². The second kappa shape index (κ2) is 8.35. The molecular formula is C16H18ClO3P. The number of rotatable bonds is 8. The molecule has 0 aliphatic rings. The van der Waals surface area contributed by atoms with Crippen molar-refractivity contribution in [1.82, 2.24) is 0 Å². The monoisotopic (exact) mass is 324 g/mol. The van der Waals surface area contributed by atoms with E-state index in [1.165, 1.54) is 0 Å². The van der Waals surface area contributed by atoms with Crippen molar-refractivity contribution in [1.29, 1.82) is 0 Å². The standard InChI is InChI=1S/C16H18ClO3P/c17-21(18,19-13-11-15-7-3-1-4-8-15)20-14-12-16-9-5-2-6-10-16/h1-10H,11-14H2. The molecule has 3 nitrogen and oxygen atoms in total. The summed E-state index contributed by atoms with van der Waals surface area (Å²) in [6.07, 6.45) is 1.30. The Morgan fingerprint density at radius 2 is 1.14 bits per heavy atom. The maximum Gasteiger partial charge on any atom is 0.424 e. The average Bonchev–Trinajstić information content (AvgIpc) is 2.49. The SMILES string of the molecule is O=P(Cl)(OCCc1ccccc1)OCCc1ccccc1. The van der Waals surface area contributed by atoms with Gasteiger partial charge in [-0.25, -0.2) is 4.57 Å². The second-order valence-corrected chi connectivity index (χ2v) is 7.19. The maximum atomic E-state index is 11.9. The Hall–Kier alpha value is -1.12. The normalized spacial score (nSPS) is 11.5. The van der Waals surface area contributed by atoms with E-state index < -0.39 is 6.95 Å². The van der Waals surface area contributed by atoms with Gasteiger partial charge >= 0.3 is 6.95 Å². The van der Waals surface area contributed by atoms with Crippen molar-refractivity contribution in [3.05, 3.63) is 71.8 Å². The van der Waals surface area contributed by atoms with Crippen LogP contribution in [0.4, 0.5) is 0 Å². The van der Waals surface area contributed by atoms with Crippen molar-refractivity contribution in [2.45, 2.75) is 12.8 Å². The fraction of sp³-hybridized carbons (Fsp3) is 0.250. The highest BCUT2D eigenvalue weighted by Gasteiger charge is 2.20. The van der Waals surface area contributed by atoms with Crippen LogP contribution >= 0.6 is 18.2 Å². The molecule has 0 bridgehead atoms. The molecule has 0 saturated carbocycles. The van der Waals surface area contributed by atoms with Crippen LogP contribution in [0.3, 0.4) is 0 Å². The van der Waals surface area contributed by atoms with Gasteiger partial charge in [-0.3, -0.25) is 9.05 Å². The molecule has 2 aromatic carbocycles. The molecule has 0 aliphatic carbocycles. The molecule has 0 unspecified atom stereocenters. The zero-order chi connectivity index (χ0) is 15.0. The Labute approximate surface area is 130 Å². The van der Waals surface area contributed by atoms with Crippen LogP contribution in [-0.2, 0) is 26.5 Å². The highest BCUT2D eigenvalue weighted by Crippen LogP contribution is 2.53. The van der Waals surface area contributed by atoms with Gasteiger partial charge in [0.1, 0.15) is 0 Å². The van der Waals surface area contributed by atoms with Gasteiger partial charge in [0.05, 0.1) is 13.2 Å². The van der Waals surface area contributed by atoms with Crippen LogP contribution in [0.25, 0.3) is 0 Å². The molecule has 0 radical (unpaired) electrons. The van der Waals surface area contributed by atoms with E-state index >= 15 is 0 Å². The van der Waals surface area contributed by atoms with Gasteiger partial charge < -0.3 is 0 Å². The molecule has 0 heterocycles. The van der Waals surface area contributed by atoms with Gasteiger partial charge in [0.25, 0.3) is 0 Å². The average molecular weight is 325 g/mol. The van der Waals surface area contributed by atoms with E-state index in [1.54, 1.807) is 0 Å². The minimum atomic E-state index is -3.49. The third kappa shape index (κ3) is 6.45. The molecule has 2 aromatic rings. The van der Waals surface area contributed by atoms with E-state index in [4.69, 9.17) is 20.3 Å². The van der Waals surface area contributed by atoms with Crippen LogP contribution in [-0.4, -0.2) is 13.2 Å². The summed E-state index contributed by atoms with van der Waals surface area (Å²) in [5, 5.41) is 0. The lowest BCUT2D eigenvalue weighted by Gasteiger charge is -2.12. The molecule has 112 valence electrons. The predicted molar refractivity (Wildman–Crippen MR) is 85.7 cm³/mol. The minimum Gasteiger partial charge on any atom is -0.297 e. The third-order valence-electron chi connectivity index (χ3n) is 2.96. The second-order valence-electron chi connectivity index (χ2n) is 4.57. The van der Waals surface area contributed by atoms with E-state index in [1.807, 2.05) is 60.7 Å². The first-order valence-electron chi connectivity index (χ1n) is 6.82. The van der Waals surface area contributed by atoms with Crippen molar-refractivity contribution in [3.63, 3.8) is 0 Å². The van der Waals surface area contributed by atoms with Gasteiger partial charge in [-0.1, -0.05) is 60.7 Å². The highest BCUT2D eigenvalue weighted by atomic mass is 35.7. The van der Waals surface area contributed by atoms with Crippen LogP contribution in [0.2, 0.25) is 0 Å². The molecule has 0 spiro atoms. The Kier molecular flexibility index (Phi) is 6.47. The van der Waals surface area contributed by atoms with Gasteiger partial charge in [0, 0.05) is 11.2 Å². The van der Waals surface area contributed by atoms with Crippen LogP contribution < -0.4 is 0 Å². The van der Waals surface area contributed by atoms with Gasteiger partial charge in [0.2, 0.25) is 0 Å². The van der Waals surface area contributed by atoms with Crippen molar-refractivity contribution in [2.24, 2.45) is 0 Å². The number of hydrogen-bond acceptors (Lipinski definition) is 3. The summed E-state index contributed by atoms with van der Waals surface area (Å²) in [4.78, 5) is 0. The minimum absolute atomic E-state index is 0.274. The molecule has 2 rings (SSSR count). The van der Waals surface area contributed by atoms with Crippen LogP contribution in [0, 0.1) is 0 Å². The van der Waals surface area contributed by atoms with Crippen molar-refractivity contribution >= 4 is 18.2 Å². The smallest absolute Gasteiger partial charge is 0.297 e. The first-order valence-corrected chi connectivity index (χ1v) is 9.27. The molecule has 21 heavy (non-hydrogen) atoms. The molecule has 0 atom stereocenters. The molecule has 0 aromatic heterocycles. The van der Waals surface area contributed by atoms with Gasteiger partial charge in [-0.15, -0.1) is 0 Å². The fourth-order valence-corrected chi connectivity index (χ4v) is 2.98. The number of hydrogen-bond donors (Lipinski definition) is 0. The van der Waals surface area contributed by atoms with E-state index in [2.05, 4.69) is 0 Å². The molecule has 0 aliphatic heterocycles. The van der Waals surface area contributed by atoms with Crippen LogP contribution in [0.15, 0.2) is 60.7 Å². The zero-order valence-electron chi connectivity index (χ0n) is 11.7. The van der Waals surface area contributed by atoms with Crippen molar-refractivity contribution < 1.29 is 13.6 Å². The predicted octanol–water partition coefficient (Wildman–Crippen LogP) is 4.85.